The Morgan fingerprint density at radius 1 is 1.39 bits per heavy atom. The van der Waals surface area contributed by atoms with Crippen LogP contribution in [0.5, 0.6) is 0 Å². The minimum absolute atomic E-state index is 0.0696. The van der Waals surface area contributed by atoms with Gasteiger partial charge < -0.3 is 5.32 Å². The number of anilines is 1. The topological polar surface area (TPSA) is 81.0 Å². The van der Waals surface area contributed by atoms with Crippen LogP contribution in [-0.2, 0) is 0 Å². The van der Waals surface area contributed by atoms with Crippen LogP contribution in [0.2, 0.25) is 0 Å². The third kappa shape index (κ3) is 2.79. The van der Waals surface area contributed by atoms with Gasteiger partial charge in [0.2, 0.25) is 0 Å². The van der Waals surface area contributed by atoms with E-state index in [0.717, 1.165) is 5.56 Å². The largest absolute Gasteiger partial charge is 0.363 e. The van der Waals surface area contributed by atoms with E-state index in [2.05, 4.69) is 15.3 Å². The van der Waals surface area contributed by atoms with Crippen LogP contribution in [0.3, 0.4) is 0 Å². The summed E-state index contributed by atoms with van der Waals surface area (Å²) in [6.45, 7) is 1.92. The molecule has 92 valence electrons. The zero-order chi connectivity index (χ0) is 13.0. The lowest BCUT2D eigenvalue weighted by Gasteiger charge is -2.14. The Hall–Kier alpha value is -2.50. The molecular formula is C12H12N4O2. The lowest BCUT2D eigenvalue weighted by Crippen LogP contribution is -2.08. The Morgan fingerprint density at radius 2 is 2.22 bits per heavy atom. The smallest absolute Gasteiger partial charge is 0.269 e. The molecule has 0 bridgehead atoms. The number of hydrogen-bond donors (Lipinski definition) is 1. The van der Waals surface area contributed by atoms with Crippen molar-refractivity contribution < 1.29 is 4.92 Å². The molecule has 1 unspecified atom stereocenters. The highest BCUT2D eigenvalue weighted by Crippen LogP contribution is 2.21. The summed E-state index contributed by atoms with van der Waals surface area (Å²) < 4.78 is 0. The molecule has 1 N–H and O–H groups in total. The number of nitrogens with zero attached hydrogens (tertiary/aromatic N) is 3. The van der Waals surface area contributed by atoms with Gasteiger partial charge in [-0.25, -0.2) is 9.97 Å². The minimum Gasteiger partial charge on any atom is -0.363 e. The molecule has 1 aromatic heterocycles. The number of nitrogens with one attached hydrogen (secondary N) is 1. The molecule has 0 saturated heterocycles. The van der Waals surface area contributed by atoms with Crippen LogP contribution in [-0.4, -0.2) is 14.9 Å². The lowest BCUT2D eigenvalue weighted by atomic mass is 10.1. The summed E-state index contributed by atoms with van der Waals surface area (Å²) in [7, 11) is 0. The molecule has 0 aliphatic heterocycles. The maximum absolute atomic E-state index is 10.7. The van der Waals surface area contributed by atoms with E-state index in [-0.39, 0.29) is 11.7 Å². The second-order valence-corrected chi connectivity index (χ2v) is 3.81. The quantitative estimate of drug-likeness (QED) is 0.660. The number of rotatable bonds is 4. The van der Waals surface area contributed by atoms with Crippen molar-refractivity contribution in [3.05, 3.63) is 58.5 Å². The Morgan fingerprint density at radius 3 is 2.89 bits per heavy atom. The maximum atomic E-state index is 10.7. The molecule has 2 rings (SSSR count). The molecule has 2 aromatic rings. The van der Waals surface area contributed by atoms with E-state index in [1.807, 2.05) is 13.0 Å². The highest BCUT2D eigenvalue weighted by molar-refractivity contribution is 5.40. The molecule has 1 atom stereocenters. The number of benzene rings is 1. The van der Waals surface area contributed by atoms with Crippen molar-refractivity contribution in [2.24, 2.45) is 0 Å². The molecule has 1 heterocycles. The SMILES string of the molecule is CC(Nc1ccncn1)c1cccc([N+](=O)[O-])c1. The molecule has 6 nitrogen and oxygen atoms in total. The number of hydrogen-bond acceptors (Lipinski definition) is 5. The van der Waals surface area contributed by atoms with Crippen molar-refractivity contribution in [1.29, 1.82) is 0 Å². The van der Waals surface area contributed by atoms with Crippen molar-refractivity contribution in [3.63, 3.8) is 0 Å². The van der Waals surface area contributed by atoms with Crippen LogP contribution >= 0.6 is 0 Å². The summed E-state index contributed by atoms with van der Waals surface area (Å²) in [6, 6.07) is 8.21. The first-order valence-corrected chi connectivity index (χ1v) is 5.44. The van der Waals surface area contributed by atoms with Gasteiger partial charge in [0.05, 0.1) is 11.0 Å². The number of nitro groups is 1. The summed E-state index contributed by atoms with van der Waals surface area (Å²) in [5, 5.41) is 13.8. The van der Waals surface area contributed by atoms with Gasteiger partial charge in [-0.15, -0.1) is 0 Å². The van der Waals surface area contributed by atoms with Crippen molar-refractivity contribution in [1.82, 2.24) is 9.97 Å². The predicted octanol–water partition coefficient (Wildman–Crippen LogP) is 2.56. The maximum Gasteiger partial charge on any atom is 0.269 e. The van der Waals surface area contributed by atoms with Gasteiger partial charge in [0.25, 0.3) is 5.69 Å². The molecule has 6 heteroatoms. The van der Waals surface area contributed by atoms with Gasteiger partial charge in [0.15, 0.2) is 0 Å². The van der Waals surface area contributed by atoms with Crippen molar-refractivity contribution in [2.45, 2.75) is 13.0 Å². The van der Waals surface area contributed by atoms with Gasteiger partial charge in [-0.3, -0.25) is 10.1 Å². The van der Waals surface area contributed by atoms with Crippen LogP contribution in [0.15, 0.2) is 42.9 Å². The van der Waals surface area contributed by atoms with Crippen LogP contribution in [0, 0.1) is 10.1 Å². The van der Waals surface area contributed by atoms with Crippen LogP contribution in [0.1, 0.15) is 18.5 Å². The van der Waals surface area contributed by atoms with Crippen LogP contribution < -0.4 is 5.32 Å². The summed E-state index contributed by atoms with van der Waals surface area (Å²) in [5.74, 6) is 0.684. The zero-order valence-electron chi connectivity index (χ0n) is 9.78. The molecule has 0 saturated carbocycles. The minimum atomic E-state index is -0.402. The molecule has 1 aromatic carbocycles. The first kappa shape index (κ1) is 12.0. The molecule has 18 heavy (non-hydrogen) atoms. The fourth-order valence-electron chi connectivity index (χ4n) is 1.59. The van der Waals surface area contributed by atoms with Crippen molar-refractivity contribution in [3.8, 4) is 0 Å². The van der Waals surface area contributed by atoms with Crippen LogP contribution in [0.25, 0.3) is 0 Å². The van der Waals surface area contributed by atoms with Gasteiger partial charge in [-0.2, -0.15) is 0 Å². The number of aromatic nitrogens is 2. The summed E-state index contributed by atoms with van der Waals surface area (Å²) in [5.41, 5.74) is 0.923. The molecule has 0 aliphatic carbocycles. The Balaban J connectivity index is 2.16. The lowest BCUT2D eigenvalue weighted by molar-refractivity contribution is -0.384. The van der Waals surface area contributed by atoms with Crippen LogP contribution in [0.4, 0.5) is 11.5 Å². The standard InChI is InChI=1S/C12H12N4O2/c1-9(15-12-5-6-13-8-14-12)10-3-2-4-11(7-10)16(17)18/h2-9H,1H3,(H,13,14,15). The number of non-ortho nitro benzene ring substituents is 1. The number of nitro benzene ring substituents is 1. The van der Waals surface area contributed by atoms with E-state index >= 15 is 0 Å². The second kappa shape index (κ2) is 5.22. The second-order valence-electron chi connectivity index (χ2n) is 3.81. The van der Waals surface area contributed by atoms with E-state index in [1.54, 1.807) is 24.4 Å². The van der Waals surface area contributed by atoms with Gasteiger partial charge in [-0.05, 0) is 18.6 Å². The van der Waals surface area contributed by atoms with E-state index in [1.165, 1.54) is 12.4 Å². The molecule has 0 fully saturated rings. The summed E-state index contributed by atoms with van der Waals surface area (Å²) in [4.78, 5) is 18.2. The van der Waals surface area contributed by atoms with E-state index in [0.29, 0.717) is 5.82 Å². The van der Waals surface area contributed by atoms with Crippen molar-refractivity contribution in [2.75, 3.05) is 5.32 Å². The third-order valence-electron chi connectivity index (χ3n) is 2.53. The summed E-state index contributed by atoms with van der Waals surface area (Å²) in [6.07, 6.45) is 3.08. The molecule has 0 amide bonds. The fraction of sp³-hybridized carbons (Fsp3) is 0.167. The van der Waals surface area contributed by atoms with Gasteiger partial charge in [0.1, 0.15) is 12.1 Å². The average molecular weight is 244 g/mol. The van der Waals surface area contributed by atoms with Gasteiger partial charge >= 0.3 is 0 Å². The highest BCUT2D eigenvalue weighted by Gasteiger charge is 2.10. The fourth-order valence-corrected chi connectivity index (χ4v) is 1.59. The Labute approximate surface area is 104 Å². The molecule has 0 aliphatic rings. The predicted molar refractivity (Wildman–Crippen MR) is 67.2 cm³/mol. The molecule has 0 radical (unpaired) electrons. The van der Waals surface area contributed by atoms with Crippen molar-refractivity contribution >= 4 is 11.5 Å². The molecular weight excluding hydrogens is 232 g/mol. The monoisotopic (exact) mass is 244 g/mol. The first-order chi connectivity index (χ1) is 8.66. The van der Waals surface area contributed by atoms with E-state index in [9.17, 15) is 10.1 Å². The van der Waals surface area contributed by atoms with E-state index in [4.69, 9.17) is 0 Å². The Kier molecular flexibility index (Phi) is 3.47. The summed E-state index contributed by atoms with van der Waals surface area (Å²) >= 11 is 0. The molecule has 0 spiro atoms. The Bertz CT molecular complexity index is 545. The first-order valence-electron chi connectivity index (χ1n) is 5.44. The highest BCUT2D eigenvalue weighted by atomic mass is 16.6. The zero-order valence-corrected chi connectivity index (χ0v) is 9.78. The third-order valence-corrected chi connectivity index (χ3v) is 2.53. The normalized spacial score (nSPS) is 11.8. The average Bonchev–Trinajstić information content (AvgIpc) is 2.40. The van der Waals surface area contributed by atoms with Gasteiger partial charge in [0, 0.05) is 18.3 Å². The van der Waals surface area contributed by atoms with Gasteiger partial charge in [-0.1, -0.05) is 12.1 Å². The van der Waals surface area contributed by atoms with E-state index < -0.39 is 4.92 Å².